The van der Waals surface area contributed by atoms with Crippen molar-refractivity contribution in [2.24, 2.45) is 0 Å². The maximum absolute atomic E-state index is 14.3. The zero-order valence-corrected chi connectivity index (χ0v) is 25.5. The third-order valence-corrected chi connectivity index (χ3v) is 8.02. The lowest BCUT2D eigenvalue weighted by atomic mass is 9.83. The molecule has 0 spiro atoms. The summed E-state index contributed by atoms with van der Waals surface area (Å²) in [6.07, 6.45) is -3.01. The van der Waals surface area contributed by atoms with Crippen molar-refractivity contribution in [3.63, 3.8) is 0 Å². The molecule has 3 heterocycles. The van der Waals surface area contributed by atoms with Crippen LogP contribution in [0.15, 0.2) is 77.3 Å². The van der Waals surface area contributed by atoms with Crippen molar-refractivity contribution in [1.29, 1.82) is 0 Å². The van der Waals surface area contributed by atoms with E-state index in [1.54, 1.807) is 46.0 Å². The molecule has 5 aromatic rings. The highest BCUT2D eigenvalue weighted by Crippen LogP contribution is 2.32. The second-order valence-electron chi connectivity index (χ2n) is 11.7. The van der Waals surface area contributed by atoms with Crippen LogP contribution in [-0.2, 0) is 29.5 Å². The van der Waals surface area contributed by atoms with Crippen LogP contribution in [0.25, 0.3) is 22.2 Å². The largest absolute Gasteiger partial charge is 0.481 e. The molecule has 1 N–H and O–H groups in total. The fourth-order valence-corrected chi connectivity index (χ4v) is 5.11. The fraction of sp³-hybridized carbons (Fsp3) is 0.257. The van der Waals surface area contributed by atoms with Gasteiger partial charge in [0.25, 0.3) is 5.91 Å². The number of benzene rings is 2. The number of nitrogens with zero attached hydrogens (tertiary/aromatic N) is 3. The molecule has 0 atom stereocenters. The SMILES string of the molecule is Cc1cnc2c(C(=O)N(Cc3ccc(-c4cccc(C(C)(C)C(=O)O)c4)cc3)Cc3ccc(C(F)(F)F)o3)c(C)c(C)nc2c1. The van der Waals surface area contributed by atoms with Gasteiger partial charge in [0.05, 0.1) is 23.0 Å². The van der Waals surface area contributed by atoms with E-state index in [-0.39, 0.29) is 18.8 Å². The van der Waals surface area contributed by atoms with Gasteiger partial charge in [-0.25, -0.2) is 0 Å². The summed E-state index contributed by atoms with van der Waals surface area (Å²) in [6, 6.07) is 18.6. The first-order chi connectivity index (χ1) is 21.1. The number of rotatable bonds is 8. The summed E-state index contributed by atoms with van der Waals surface area (Å²) in [7, 11) is 0. The summed E-state index contributed by atoms with van der Waals surface area (Å²) >= 11 is 0. The van der Waals surface area contributed by atoms with Gasteiger partial charge < -0.3 is 14.4 Å². The van der Waals surface area contributed by atoms with Crippen LogP contribution in [0.4, 0.5) is 13.2 Å². The van der Waals surface area contributed by atoms with Gasteiger partial charge in [-0.2, -0.15) is 13.2 Å². The Morgan fingerprint density at radius 1 is 0.911 bits per heavy atom. The number of hydrogen-bond acceptors (Lipinski definition) is 5. The molecule has 0 aliphatic heterocycles. The van der Waals surface area contributed by atoms with Crippen molar-refractivity contribution in [3.8, 4) is 11.1 Å². The molecular formula is C35H32F3N3O4. The third kappa shape index (κ3) is 6.45. The van der Waals surface area contributed by atoms with Gasteiger partial charge in [0.2, 0.25) is 5.76 Å². The Balaban J connectivity index is 1.51. The molecule has 0 aliphatic rings. The topological polar surface area (TPSA) is 96.5 Å². The monoisotopic (exact) mass is 615 g/mol. The van der Waals surface area contributed by atoms with E-state index >= 15 is 0 Å². The van der Waals surface area contributed by atoms with E-state index in [0.717, 1.165) is 28.3 Å². The lowest BCUT2D eigenvalue weighted by Gasteiger charge is -2.24. The normalized spacial score (nSPS) is 12.0. The highest BCUT2D eigenvalue weighted by Gasteiger charge is 2.35. The smallest absolute Gasteiger partial charge is 0.449 e. The molecule has 0 unspecified atom stereocenters. The molecule has 0 bridgehead atoms. The maximum Gasteiger partial charge on any atom is 0.449 e. The number of aliphatic carboxylic acids is 1. The van der Waals surface area contributed by atoms with Gasteiger partial charge in [0.1, 0.15) is 11.3 Å². The Bertz CT molecular complexity index is 1910. The average Bonchev–Trinajstić information content (AvgIpc) is 3.47. The Morgan fingerprint density at radius 2 is 1.62 bits per heavy atom. The number of hydrogen-bond donors (Lipinski definition) is 1. The minimum absolute atomic E-state index is 0.0123. The maximum atomic E-state index is 14.3. The van der Waals surface area contributed by atoms with Crippen LogP contribution in [0.5, 0.6) is 0 Å². The summed E-state index contributed by atoms with van der Waals surface area (Å²) in [5.74, 6) is -2.50. The van der Waals surface area contributed by atoms with Crippen LogP contribution in [0.1, 0.15) is 63.7 Å². The van der Waals surface area contributed by atoms with Crippen molar-refractivity contribution in [2.45, 2.75) is 59.3 Å². The highest BCUT2D eigenvalue weighted by molar-refractivity contribution is 6.06. The molecular weight excluding hydrogens is 583 g/mol. The summed E-state index contributed by atoms with van der Waals surface area (Å²) in [5, 5.41) is 9.65. The molecule has 0 saturated heterocycles. The van der Waals surface area contributed by atoms with Gasteiger partial charge in [-0.15, -0.1) is 0 Å². The zero-order valence-electron chi connectivity index (χ0n) is 25.5. The van der Waals surface area contributed by atoms with Crippen LogP contribution < -0.4 is 0 Å². The molecule has 0 aliphatic carbocycles. The number of alkyl halides is 3. The van der Waals surface area contributed by atoms with Gasteiger partial charge >= 0.3 is 12.1 Å². The molecule has 3 aromatic heterocycles. The quantitative estimate of drug-likeness (QED) is 0.190. The lowest BCUT2D eigenvalue weighted by molar-refractivity contribution is -0.153. The van der Waals surface area contributed by atoms with Crippen molar-refractivity contribution >= 4 is 22.9 Å². The van der Waals surface area contributed by atoms with Gasteiger partial charge in [-0.1, -0.05) is 48.5 Å². The first-order valence-corrected chi connectivity index (χ1v) is 14.3. The van der Waals surface area contributed by atoms with Gasteiger partial charge in [0.15, 0.2) is 0 Å². The van der Waals surface area contributed by atoms with Crippen LogP contribution in [0.3, 0.4) is 0 Å². The number of fused-ring (bicyclic) bond motifs is 1. The summed E-state index contributed by atoms with van der Waals surface area (Å²) in [5.41, 5.74) is 5.42. The molecule has 1 amide bonds. The molecule has 0 fully saturated rings. The van der Waals surface area contributed by atoms with Crippen molar-refractivity contribution in [1.82, 2.24) is 14.9 Å². The predicted molar refractivity (Wildman–Crippen MR) is 164 cm³/mol. The first-order valence-electron chi connectivity index (χ1n) is 14.3. The van der Waals surface area contributed by atoms with Gasteiger partial charge in [-0.05, 0) is 86.2 Å². The molecule has 45 heavy (non-hydrogen) atoms. The van der Waals surface area contributed by atoms with Crippen molar-refractivity contribution < 1.29 is 32.3 Å². The van der Waals surface area contributed by atoms with Crippen LogP contribution in [0, 0.1) is 20.8 Å². The second-order valence-corrected chi connectivity index (χ2v) is 11.7. The van der Waals surface area contributed by atoms with Gasteiger partial charge in [0, 0.05) is 18.4 Å². The molecule has 0 radical (unpaired) electrons. The Kier molecular flexibility index (Phi) is 8.27. The van der Waals surface area contributed by atoms with Gasteiger partial charge in [-0.3, -0.25) is 19.6 Å². The van der Waals surface area contributed by atoms with E-state index in [4.69, 9.17) is 4.42 Å². The molecule has 0 saturated carbocycles. The minimum atomic E-state index is -4.66. The van der Waals surface area contributed by atoms with Crippen molar-refractivity contribution in [2.75, 3.05) is 0 Å². The number of aryl methyl sites for hydroxylation is 2. The van der Waals surface area contributed by atoms with E-state index in [1.165, 1.54) is 11.0 Å². The van der Waals surface area contributed by atoms with E-state index in [2.05, 4.69) is 9.97 Å². The number of halogens is 3. The number of carboxylic acids is 1. The Hall–Kier alpha value is -4.99. The minimum Gasteiger partial charge on any atom is -0.481 e. The van der Waals surface area contributed by atoms with Crippen LogP contribution in [-0.4, -0.2) is 31.9 Å². The fourth-order valence-electron chi connectivity index (χ4n) is 5.11. The molecule has 7 nitrogen and oxygen atoms in total. The summed E-state index contributed by atoms with van der Waals surface area (Å²) in [4.78, 5) is 36.6. The molecule has 2 aromatic carbocycles. The number of carboxylic acid groups (broad SMARTS) is 1. The van der Waals surface area contributed by atoms with Crippen LogP contribution >= 0.6 is 0 Å². The highest BCUT2D eigenvalue weighted by atomic mass is 19.4. The van der Waals surface area contributed by atoms with E-state index in [9.17, 15) is 27.9 Å². The van der Waals surface area contributed by atoms with Crippen molar-refractivity contribution in [3.05, 3.63) is 118 Å². The molecule has 232 valence electrons. The number of aromatic nitrogens is 2. The molecule has 10 heteroatoms. The van der Waals surface area contributed by atoms with Crippen LogP contribution in [0.2, 0.25) is 0 Å². The first kappa shape index (κ1) is 31.4. The molecule has 5 rings (SSSR count). The number of amides is 1. The predicted octanol–water partition coefficient (Wildman–Crippen LogP) is 8.04. The number of carbonyl (C=O) groups excluding carboxylic acids is 1. The third-order valence-electron chi connectivity index (χ3n) is 8.02. The Labute approximate surface area is 258 Å². The number of carbonyl (C=O) groups is 2. The van der Waals surface area contributed by atoms with E-state index in [1.807, 2.05) is 49.4 Å². The summed E-state index contributed by atoms with van der Waals surface area (Å²) < 4.78 is 45.0. The average molecular weight is 616 g/mol. The summed E-state index contributed by atoms with van der Waals surface area (Å²) in [6.45, 7) is 8.60. The van der Waals surface area contributed by atoms with E-state index < -0.39 is 29.2 Å². The second kappa shape index (κ2) is 11.8. The zero-order chi connectivity index (χ0) is 32.7. The number of furan rings is 1. The Morgan fingerprint density at radius 3 is 2.27 bits per heavy atom. The van der Waals surface area contributed by atoms with E-state index in [0.29, 0.717) is 33.4 Å². The lowest BCUT2D eigenvalue weighted by Crippen LogP contribution is -2.31. The number of pyridine rings is 2. The standard InChI is InChI=1S/C35H32F3N3O4/c1-20-15-28-31(39-17-20)30(21(2)22(3)40-28)32(42)41(19-27-13-14-29(45-27)35(36,37)38)18-23-9-11-24(12-10-23)25-7-6-8-26(16-25)34(4,5)33(43)44/h6-17H,18-19H2,1-5H3,(H,43,44).